The molecule has 0 saturated heterocycles. The fraction of sp³-hybridized carbons (Fsp3) is 0.500. The van der Waals surface area contributed by atoms with E-state index in [1.54, 1.807) is 0 Å². The minimum absolute atomic E-state index is 0.230. The Morgan fingerprint density at radius 2 is 1.77 bits per heavy atom. The van der Waals surface area contributed by atoms with E-state index >= 15 is 0 Å². The molecule has 0 heterocycles. The van der Waals surface area contributed by atoms with E-state index in [1.165, 1.54) is 0 Å². The van der Waals surface area contributed by atoms with Gasteiger partial charge in [0.05, 0.1) is 5.60 Å². The second-order valence-electron chi connectivity index (χ2n) is 4.12. The van der Waals surface area contributed by atoms with E-state index in [1.807, 2.05) is 52.0 Å². The zero-order chi connectivity index (χ0) is 10.1. The molecule has 72 valence electrons. The van der Waals surface area contributed by atoms with E-state index < -0.39 is 5.60 Å². The summed E-state index contributed by atoms with van der Waals surface area (Å²) in [5, 5.41) is 10.2. The summed E-state index contributed by atoms with van der Waals surface area (Å²) in [5.41, 5.74) is 1.47. The molecule has 0 unspecified atom stereocenters. The van der Waals surface area contributed by atoms with Crippen molar-refractivity contribution in [3.05, 3.63) is 35.4 Å². The van der Waals surface area contributed by atoms with Crippen LogP contribution in [0.2, 0.25) is 0 Å². The second-order valence-corrected chi connectivity index (χ2v) is 4.12. The zero-order valence-electron chi connectivity index (χ0n) is 8.83. The van der Waals surface area contributed by atoms with Gasteiger partial charge in [-0.3, -0.25) is 0 Å². The monoisotopic (exact) mass is 178 g/mol. The molecule has 0 radical (unpaired) electrons. The van der Waals surface area contributed by atoms with Gasteiger partial charge in [0.15, 0.2) is 0 Å². The van der Waals surface area contributed by atoms with Crippen molar-refractivity contribution in [2.45, 2.75) is 33.3 Å². The fourth-order valence-electron chi connectivity index (χ4n) is 1.45. The molecule has 0 bridgehead atoms. The van der Waals surface area contributed by atoms with Crippen LogP contribution in [0.25, 0.3) is 0 Å². The average molecular weight is 178 g/mol. The summed E-state index contributed by atoms with van der Waals surface area (Å²) in [4.78, 5) is 0. The summed E-state index contributed by atoms with van der Waals surface area (Å²) in [6, 6.07) is 8.00. The van der Waals surface area contributed by atoms with Gasteiger partial charge >= 0.3 is 0 Å². The lowest BCUT2D eigenvalue weighted by Gasteiger charge is -2.29. The third-order valence-electron chi connectivity index (χ3n) is 2.81. The first-order valence-electron chi connectivity index (χ1n) is 4.74. The lowest BCUT2D eigenvalue weighted by Crippen LogP contribution is -2.28. The van der Waals surface area contributed by atoms with Crippen LogP contribution in [-0.4, -0.2) is 5.11 Å². The van der Waals surface area contributed by atoms with Crippen LogP contribution >= 0.6 is 0 Å². The van der Waals surface area contributed by atoms with Crippen LogP contribution < -0.4 is 0 Å². The molecule has 1 N–H and O–H groups in total. The van der Waals surface area contributed by atoms with Crippen molar-refractivity contribution in [3.8, 4) is 0 Å². The van der Waals surface area contributed by atoms with Gasteiger partial charge in [-0.1, -0.05) is 38.1 Å². The van der Waals surface area contributed by atoms with Gasteiger partial charge in [-0.25, -0.2) is 0 Å². The van der Waals surface area contributed by atoms with Gasteiger partial charge in [0.1, 0.15) is 0 Å². The van der Waals surface area contributed by atoms with Crippen LogP contribution in [-0.2, 0) is 5.60 Å². The van der Waals surface area contributed by atoms with Crippen LogP contribution in [0.4, 0.5) is 0 Å². The van der Waals surface area contributed by atoms with Crippen LogP contribution in [0.5, 0.6) is 0 Å². The highest BCUT2D eigenvalue weighted by molar-refractivity contribution is 5.30. The van der Waals surface area contributed by atoms with Crippen molar-refractivity contribution in [2.24, 2.45) is 5.92 Å². The van der Waals surface area contributed by atoms with Gasteiger partial charge in [0.2, 0.25) is 0 Å². The predicted octanol–water partition coefficient (Wildman–Crippen LogP) is 2.86. The molecule has 0 aliphatic heterocycles. The highest BCUT2D eigenvalue weighted by Crippen LogP contribution is 2.30. The van der Waals surface area contributed by atoms with Gasteiger partial charge in [0, 0.05) is 0 Å². The third-order valence-corrected chi connectivity index (χ3v) is 2.81. The largest absolute Gasteiger partial charge is 0.385 e. The maximum Gasteiger partial charge on any atom is 0.0893 e. The minimum Gasteiger partial charge on any atom is -0.385 e. The number of aryl methyl sites for hydroxylation is 1. The summed E-state index contributed by atoms with van der Waals surface area (Å²) >= 11 is 0. The first-order chi connectivity index (χ1) is 5.96. The zero-order valence-corrected chi connectivity index (χ0v) is 8.83. The Kier molecular flexibility index (Phi) is 2.77. The lowest BCUT2D eigenvalue weighted by atomic mass is 9.83. The standard InChI is InChI=1S/C12H18O/c1-9(2)12(4,13)11-8-6-5-7-10(11)3/h5-9,13H,1-4H3/t12-/m1/s1. The molecule has 0 fully saturated rings. The maximum absolute atomic E-state index is 10.2. The number of aliphatic hydroxyl groups is 1. The van der Waals surface area contributed by atoms with E-state index in [-0.39, 0.29) is 5.92 Å². The normalized spacial score (nSPS) is 15.8. The number of hydrogen-bond donors (Lipinski definition) is 1. The summed E-state index contributed by atoms with van der Waals surface area (Å²) < 4.78 is 0. The number of hydrogen-bond acceptors (Lipinski definition) is 1. The molecular formula is C12H18O. The van der Waals surface area contributed by atoms with Crippen molar-refractivity contribution < 1.29 is 5.11 Å². The smallest absolute Gasteiger partial charge is 0.0893 e. The average Bonchev–Trinajstić information content (AvgIpc) is 2.04. The molecule has 1 heteroatoms. The van der Waals surface area contributed by atoms with E-state index in [0.717, 1.165) is 11.1 Å². The summed E-state index contributed by atoms with van der Waals surface area (Å²) in [6.07, 6.45) is 0. The molecule has 13 heavy (non-hydrogen) atoms. The van der Waals surface area contributed by atoms with Crippen LogP contribution in [0.1, 0.15) is 31.9 Å². The Labute approximate surface area is 80.4 Å². The quantitative estimate of drug-likeness (QED) is 0.738. The number of benzene rings is 1. The maximum atomic E-state index is 10.2. The first kappa shape index (κ1) is 10.3. The predicted molar refractivity (Wildman–Crippen MR) is 55.6 cm³/mol. The molecule has 1 rings (SSSR count). The molecule has 1 aromatic carbocycles. The molecule has 1 atom stereocenters. The van der Waals surface area contributed by atoms with Gasteiger partial charge in [-0.15, -0.1) is 0 Å². The van der Waals surface area contributed by atoms with Crippen molar-refractivity contribution in [1.29, 1.82) is 0 Å². The first-order valence-corrected chi connectivity index (χ1v) is 4.74. The third kappa shape index (κ3) is 1.92. The van der Waals surface area contributed by atoms with Crippen LogP contribution in [0.3, 0.4) is 0 Å². The van der Waals surface area contributed by atoms with E-state index in [2.05, 4.69) is 0 Å². The van der Waals surface area contributed by atoms with E-state index in [9.17, 15) is 5.11 Å². The van der Waals surface area contributed by atoms with E-state index in [4.69, 9.17) is 0 Å². The summed E-state index contributed by atoms with van der Waals surface area (Å²) in [6.45, 7) is 7.98. The van der Waals surface area contributed by atoms with Crippen molar-refractivity contribution in [2.75, 3.05) is 0 Å². The van der Waals surface area contributed by atoms with Crippen LogP contribution in [0, 0.1) is 12.8 Å². The topological polar surface area (TPSA) is 20.2 Å². The fourth-order valence-corrected chi connectivity index (χ4v) is 1.45. The molecule has 0 saturated carbocycles. The number of rotatable bonds is 2. The SMILES string of the molecule is Cc1ccccc1[C@](C)(O)C(C)C. The molecule has 0 amide bonds. The Hall–Kier alpha value is -0.820. The van der Waals surface area contributed by atoms with Gasteiger partial charge in [0.25, 0.3) is 0 Å². The van der Waals surface area contributed by atoms with E-state index in [0.29, 0.717) is 0 Å². The van der Waals surface area contributed by atoms with Gasteiger partial charge in [-0.2, -0.15) is 0 Å². The Morgan fingerprint density at radius 3 is 2.23 bits per heavy atom. The highest BCUT2D eigenvalue weighted by Gasteiger charge is 2.28. The molecule has 1 nitrogen and oxygen atoms in total. The molecule has 1 aromatic rings. The van der Waals surface area contributed by atoms with Crippen molar-refractivity contribution >= 4 is 0 Å². The molecule has 0 aliphatic rings. The van der Waals surface area contributed by atoms with Gasteiger partial charge in [-0.05, 0) is 30.9 Å². The Morgan fingerprint density at radius 1 is 1.23 bits per heavy atom. The Bertz CT molecular complexity index is 287. The van der Waals surface area contributed by atoms with Crippen molar-refractivity contribution in [3.63, 3.8) is 0 Å². The lowest BCUT2D eigenvalue weighted by molar-refractivity contribution is 0.00848. The highest BCUT2D eigenvalue weighted by atomic mass is 16.3. The molecule has 0 aromatic heterocycles. The van der Waals surface area contributed by atoms with Crippen LogP contribution in [0.15, 0.2) is 24.3 Å². The Balaban J connectivity index is 3.14. The molecule has 0 aliphatic carbocycles. The molecule has 0 spiro atoms. The van der Waals surface area contributed by atoms with Crippen molar-refractivity contribution in [1.82, 2.24) is 0 Å². The van der Waals surface area contributed by atoms with Gasteiger partial charge < -0.3 is 5.11 Å². The minimum atomic E-state index is -0.717. The second kappa shape index (κ2) is 3.51. The summed E-state index contributed by atoms with van der Waals surface area (Å²) in [5.74, 6) is 0.230. The molecular weight excluding hydrogens is 160 g/mol. The summed E-state index contributed by atoms with van der Waals surface area (Å²) in [7, 11) is 0.